The van der Waals surface area contributed by atoms with Crippen molar-refractivity contribution in [3.05, 3.63) is 36.1 Å². The van der Waals surface area contributed by atoms with E-state index in [1.165, 1.54) is 32.1 Å². The van der Waals surface area contributed by atoms with E-state index in [0.29, 0.717) is 23.7 Å². The summed E-state index contributed by atoms with van der Waals surface area (Å²) in [5, 5.41) is 20.6. The van der Waals surface area contributed by atoms with Crippen molar-refractivity contribution in [1.82, 2.24) is 0 Å². The van der Waals surface area contributed by atoms with Crippen LogP contribution in [0.3, 0.4) is 0 Å². The molecule has 5 nitrogen and oxygen atoms in total. The molecule has 0 aromatic rings. The minimum atomic E-state index is -2.04. The third-order valence-corrected chi connectivity index (χ3v) is 7.07. The van der Waals surface area contributed by atoms with Gasteiger partial charge < -0.3 is 20.7 Å². The monoisotopic (exact) mass is 451 g/mol. The molecule has 4 N–H and O–H groups in total. The Balaban J connectivity index is 1.90. The molecule has 176 valence electrons. The summed E-state index contributed by atoms with van der Waals surface area (Å²) in [5.74, 6) is 2.43. The Kier molecular flexibility index (Phi) is 11.2. The van der Waals surface area contributed by atoms with Crippen molar-refractivity contribution in [2.24, 2.45) is 17.6 Å². The lowest BCUT2D eigenvalue weighted by atomic mass is 9.88. The fourth-order valence-corrected chi connectivity index (χ4v) is 4.64. The van der Waals surface area contributed by atoms with E-state index < -0.39 is 17.6 Å². The first-order chi connectivity index (χ1) is 14.8. The standard InChI is InChI=1S/C25H41NO4S/c1-3-4-5-8-22(30-14-6-7-20-9-10-20)16-19(2)17-25(29,24(27)28)23(26)18-31-15-13-21-11-12-21/h5,8,16,20-21,23,29H,2-4,6-7,9-15,17-18,26H2,1H3,(H,27,28)/b8-5-,22-16+. The lowest BCUT2D eigenvalue weighted by molar-refractivity contribution is -0.160. The van der Waals surface area contributed by atoms with E-state index >= 15 is 0 Å². The van der Waals surface area contributed by atoms with E-state index in [4.69, 9.17) is 10.5 Å². The highest BCUT2D eigenvalue weighted by molar-refractivity contribution is 7.99. The Hall–Kier alpha value is -1.24. The molecule has 0 aromatic carbocycles. The number of allylic oxidation sites excluding steroid dienone is 3. The molecule has 2 fully saturated rings. The molecule has 0 radical (unpaired) electrons. The van der Waals surface area contributed by atoms with Crippen LogP contribution in [-0.4, -0.2) is 45.9 Å². The van der Waals surface area contributed by atoms with E-state index in [1.807, 2.05) is 12.2 Å². The average molecular weight is 452 g/mol. The number of aliphatic carboxylic acids is 1. The summed E-state index contributed by atoms with van der Waals surface area (Å²) in [6.45, 7) is 6.73. The van der Waals surface area contributed by atoms with Crippen LogP contribution >= 0.6 is 11.8 Å². The van der Waals surface area contributed by atoms with E-state index in [0.717, 1.165) is 43.3 Å². The fraction of sp³-hybridized carbons (Fsp3) is 0.720. The summed E-state index contributed by atoms with van der Waals surface area (Å²) in [7, 11) is 0. The molecule has 0 bridgehead atoms. The number of thioether (sulfide) groups is 1. The fourth-order valence-electron chi connectivity index (χ4n) is 3.44. The van der Waals surface area contributed by atoms with Gasteiger partial charge in [0, 0.05) is 12.2 Å². The van der Waals surface area contributed by atoms with Crippen molar-refractivity contribution in [2.45, 2.75) is 82.8 Å². The summed E-state index contributed by atoms with van der Waals surface area (Å²) < 4.78 is 5.93. The number of ether oxygens (including phenoxy) is 1. The number of carboxylic acid groups (broad SMARTS) is 1. The number of rotatable bonds is 18. The van der Waals surface area contributed by atoms with Crippen molar-refractivity contribution in [3.63, 3.8) is 0 Å². The van der Waals surface area contributed by atoms with Gasteiger partial charge in [0.25, 0.3) is 0 Å². The highest BCUT2D eigenvalue weighted by Gasteiger charge is 2.42. The number of carbonyl (C=O) groups is 1. The first kappa shape index (κ1) is 26.0. The number of nitrogens with two attached hydrogens (primary N) is 1. The quantitative estimate of drug-likeness (QED) is 0.153. The Morgan fingerprint density at radius 2 is 1.97 bits per heavy atom. The Morgan fingerprint density at radius 1 is 1.29 bits per heavy atom. The number of aliphatic hydroxyl groups is 1. The van der Waals surface area contributed by atoms with Gasteiger partial charge in [-0.25, -0.2) is 4.79 Å². The average Bonchev–Trinajstić information content (AvgIpc) is 3.63. The molecule has 31 heavy (non-hydrogen) atoms. The van der Waals surface area contributed by atoms with E-state index in [9.17, 15) is 15.0 Å². The van der Waals surface area contributed by atoms with Crippen LogP contribution in [-0.2, 0) is 9.53 Å². The van der Waals surface area contributed by atoms with Gasteiger partial charge in [0.1, 0.15) is 5.76 Å². The Bertz CT molecular complexity index is 639. The van der Waals surface area contributed by atoms with E-state index in [2.05, 4.69) is 13.5 Å². The van der Waals surface area contributed by atoms with Gasteiger partial charge in [-0.05, 0) is 61.0 Å². The number of unbranched alkanes of at least 4 members (excludes halogenated alkanes) is 1. The molecule has 2 rings (SSSR count). The second-order valence-corrected chi connectivity index (χ2v) is 10.3. The largest absolute Gasteiger partial charge is 0.494 e. The molecule has 0 saturated heterocycles. The molecular weight excluding hydrogens is 410 g/mol. The topological polar surface area (TPSA) is 92.8 Å². The molecule has 2 unspecified atom stereocenters. The molecule has 6 heteroatoms. The van der Waals surface area contributed by atoms with E-state index in [1.54, 1.807) is 17.8 Å². The summed E-state index contributed by atoms with van der Waals surface area (Å²) in [4.78, 5) is 11.9. The summed E-state index contributed by atoms with van der Waals surface area (Å²) >= 11 is 1.62. The Morgan fingerprint density at radius 3 is 2.58 bits per heavy atom. The van der Waals surface area contributed by atoms with Gasteiger partial charge in [-0.15, -0.1) is 0 Å². The van der Waals surface area contributed by atoms with Crippen molar-refractivity contribution in [1.29, 1.82) is 0 Å². The van der Waals surface area contributed by atoms with Gasteiger partial charge in [-0.2, -0.15) is 11.8 Å². The maximum absolute atomic E-state index is 11.9. The summed E-state index contributed by atoms with van der Waals surface area (Å²) in [6.07, 6.45) is 16.2. The van der Waals surface area contributed by atoms with Gasteiger partial charge in [0.2, 0.25) is 0 Å². The van der Waals surface area contributed by atoms with Crippen LogP contribution in [0.4, 0.5) is 0 Å². The van der Waals surface area contributed by atoms with Crippen molar-refractivity contribution in [2.75, 3.05) is 18.1 Å². The maximum Gasteiger partial charge on any atom is 0.337 e. The van der Waals surface area contributed by atoms with Crippen LogP contribution in [0, 0.1) is 11.8 Å². The number of carboxylic acids is 1. The van der Waals surface area contributed by atoms with Crippen LogP contribution in [0.1, 0.15) is 71.1 Å². The zero-order chi connectivity index (χ0) is 22.7. The third kappa shape index (κ3) is 10.3. The van der Waals surface area contributed by atoms with Crippen LogP contribution in [0.15, 0.2) is 36.1 Å². The molecule has 2 aliphatic rings. The number of hydrogen-bond acceptors (Lipinski definition) is 5. The molecule has 0 amide bonds. The molecule has 0 spiro atoms. The highest BCUT2D eigenvalue weighted by Crippen LogP contribution is 2.34. The van der Waals surface area contributed by atoms with Gasteiger partial charge in [-0.3, -0.25) is 0 Å². The molecule has 0 aromatic heterocycles. The molecular formula is C25H41NO4S. The second kappa shape index (κ2) is 13.3. The first-order valence-corrected chi connectivity index (χ1v) is 13.0. The Labute approximate surface area is 192 Å². The normalized spacial score (nSPS) is 19.9. The SMILES string of the molecule is C=C(/C=C(\C=C/CCC)OCCCC1CC1)CC(O)(C(=O)O)C(N)CSCCC1CC1. The lowest BCUT2D eigenvalue weighted by Gasteiger charge is -2.30. The second-order valence-electron chi connectivity index (χ2n) is 9.15. The highest BCUT2D eigenvalue weighted by atomic mass is 32.2. The third-order valence-electron chi connectivity index (χ3n) is 5.95. The number of hydrogen-bond donors (Lipinski definition) is 3. The van der Waals surface area contributed by atoms with Gasteiger partial charge in [-0.1, -0.05) is 51.7 Å². The minimum Gasteiger partial charge on any atom is -0.494 e. The van der Waals surface area contributed by atoms with Crippen LogP contribution in [0.2, 0.25) is 0 Å². The maximum atomic E-state index is 11.9. The van der Waals surface area contributed by atoms with Crippen LogP contribution in [0.25, 0.3) is 0 Å². The summed E-state index contributed by atoms with van der Waals surface area (Å²) in [6, 6.07) is -0.863. The summed E-state index contributed by atoms with van der Waals surface area (Å²) in [5.41, 5.74) is 4.60. The zero-order valence-electron chi connectivity index (χ0n) is 19.1. The molecule has 2 saturated carbocycles. The van der Waals surface area contributed by atoms with Gasteiger partial charge >= 0.3 is 5.97 Å². The molecule has 0 aliphatic heterocycles. The van der Waals surface area contributed by atoms with Crippen molar-refractivity contribution >= 4 is 17.7 Å². The first-order valence-electron chi connectivity index (χ1n) is 11.8. The van der Waals surface area contributed by atoms with Gasteiger partial charge in [0.05, 0.1) is 12.6 Å². The van der Waals surface area contributed by atoms with E-state index in [-0.39, 0.29) is 6.42 Å². The van der Waals surface area contributed by atoms with Gasteiger partial charge in [0.15, 0.2) is 5.60 Å². The van der Waals surface area contributed by atoms with Crippen molar-refractivity contribution < 1.29 is 19.7 Å². The van der Waals surface area contributed by atoms with Crippen LogP contribution in [0.5, 0.6) is 0 Å². The molecule has 2 aliphatic carbocycles. The zero-order valence-corrected chi connectivity index (χ0v) is 19.9. The minimum absolute atomic E-state index is 0.122. The predicted molar refractivity (Wildman–Crippen MR) is 129 cm³/mol. The van der Waals surface area contributed by atoms with Crippen LogP contribution < -0.4 is 5.73 Å². The molecule has 2 atom stereocenters. The lowest BCUT2D eigenvalue weighted by Crippen LogP contribution is -2.55. The predicted octanol–water partition coefficient (Wildman–Crippen LogP) is 5.06. The van der Waals surface area contributed by atoms with Crippen molar-refractivity contribution in [3.8, 4) is 0 Å². The smallest absolute Gasteiger partial charge is 0.337 e. The molecule has 0 heterocycles.